The summed E-state index contributed by atoms with van der Waals surface area (Å²) in [5.74, 6) is 0.0873. The first kappa shape index (κ1) is 18.7. The Kier molecular flexibility index (Phi) is 8.13. The minimum Gasteiger partial charge on any atom is -0.353 e. The van der Waals surface area contributed by atoms with Gasteiger partial charge >= 0.3 is 0 Å². The molecule has 0 saturated carbocycles. The molecule has 1 N–H and O–H groups in total. The van der Waals surface area contributed by atoms with Crippen molar-refractivity contribution < 1.29 is 4.79 Å². The molecule has 0 aliphatic carbocycles. The van der Waals surface area contributed by atoms with Crippen molar-refractivity contribution in [2.24, 2.45) is 0 Å². The van der Waals surface area contributed by atoms with Gasteiger partial charge in [-0.3, -0.25) is 14.6 Å². The van der Waals surface area contributed by atoms with E-state index in [2.05, 4.69) is 62.2 Å². The van der Waals surface area contributed by atoms with Gasteiger partial charge in [-0.2, -0.15) is 0 Å². The van der Waals surface area contributed by atoms with Crippen LogP contribution >= 0.6 is 0 Å². The molecule has 22 heavy (non-hydrogen) atoms. The second kappa shape index (κ2) is 9.59. The van der Waals surface area contributed by atoms with Crippen LogP contribution in [0, 0.1) is 0 Å². The monoisotopic (exact) mass is 305 g/mol. The van der Waals surface area contributed by atoms with Gasteiger partial charge in [-0.15, -0.1) is 0 Å². The summed E-state index contributed by atoms with van der Waals surface area (Å²) in [6.45, 7) is 11.5. The SMILES string of the molecule is CCN(CC)C(CNC(=O)CN(C)C(C)C)c1ccccc1. The van der Waals surface area contributed by atoms with E-state index in [9.17, 15) is 4.79 Å². The van der Waals surface area contributed by atoms with Gasteiger partial charge in [-0.25, -0.2) is 0 Å². The van der Waals surface area contributed by atoms with Gasteiger partial charge in [0.2, 0.25) is 5.91 Å². The van der Waals surface area contributed by atoms with Crippen molar-refractivity contribution in [1.82, 2.24) is 15.1 Å². The number of rotatable bonds is 9. The Hall–Kier alpha value is -1.39. The van der Waals surface area contributed by atoms with E-state index in [0.29, 0.717) is 19.1 Å². The summed E-state index contributed by atoms with van der Waals surface area (Å²) in [7, 11) is 1.98. The molecular formula is C18H31N3O. The van der Waals surface area contributed by atoms with E-state index in [1.165, 1.54) is 5.56 Å². The Labute approximate surface area is 135 Å². The number of carbonyl (C=O) groups excluding carboxylic acids is 1. The Morgan fingerprint density at radius 2 is 1.73 bits per heavy atom. The zero-order valence-corrected chi connectivity index (χ0v) is 14.7. The van der Waals surface area contributed by atoms with E-state index in [-0.39, 0.29) is 11.9 Å². The minimum atomic E-state index is 0.0873. The van der Waals surface area contributed by atoms with Crippen molar-refractivity contribution in [1.29, 1.82) is 0 Å². The summed E-state index contributed by atoms with van der Waals surface area (Å²) in [6, 6.07) is 11.0. The lowest BCUT2D eigenvalue weighted by molar-refractivity contribution is -0.122. The first-order valence-electron chi connectivity index (χ1n) is 8.25. The molecule has 4 nitrogen and oxygen atoms in total. The maximum Gasteiger partial charge on any atom is 0.234 e. The number of likely N-dealkylation sites (N-methyl/N-ethyl adjacent to an activating group) is 2. The smallest absolute Gasteiger partial charge is 0.234 e. The summed E-state index contributed by atoms with van der Waals surface area (Å²) in [5.41, 5.74) is 1.25. The zero-order valence-electron chi connectivity index (χ0n) is 14.7. The third-order valence-electron chi connectivity index (χ3n) is 4.20. The number of nitrogens with one attached hydrogen (secondary N) is 1. The normalized spacial score (nSPS) is 12.9. The summed E-state index contributed by atoms with van der Waals surface area (Å²) in [4.78, 5) is 16.5. The first-order valence-corrected chi connectivity index (χ1v) is 8.25. The number of hydrogen-bond donors (Lipinski definition) is 1. The maximum absolute atomic E-state index is 12.1. The molecule has 4 heteroatoms. The molecule has 1 aromatic carbocycles. The average molecular weight is 305 g/mol. The first-order chi connectivity index (χ1) is 10.5. The highest BCUT2D eigenvalue weighted by Crippen LogP contribution is 2.19. The van der Waals surface area contributed by atoms with Crippen LogP contribution in [0.25, 0.3) is 0 Å². The molecule has 0 bridgehead atoms. The minimum absolute atomic E-state index is 0.0873. The maximum atomic E-state index is 12.1. The Balaban J connectivity index is 2.68. The van der Waals surface area contributed by atoms with Crippen LogP contribution in [0.5, 0.6) is 0 Å². The van der Waals surface area contributed by atoms with E-state index in [1.807, 2.05) is 18.0 Å². The molecule has 1 unspecified atom stereocenters. The molecule has 0 fully saturated rings. The van der Waals surface area contributed by atoms with Gasteiger partial charge in [0.1, 0.15) is 0 Å². The number of benzene rings is 1. The Morgan fingerprint density at radius 3 is 2.23 bits per heavy atom. The molecule has 0 saturated heterocycles. The molecule has 1 aromatic rings. The highest BCUT2D eigenvalue weighted by atomic mass is 16.2. The topological polar surface area (TPSA) is 35.6 Å². The standard InChI is InChI=1S/C18H31N3O/c1-6-21(7-2)17(16-11-9-8-10-12-16)13-19-18(22)14-20(5)15(3)4/h8-12,15,17H,6-7,13-14H2,1-5H3,(H,19,22). The fourth-order valence-corrected chi connectivity index (χ4v) is 2.47. The lowest BCUT2D eigenvalue weighted by Gasteiger charge is -2.30. The van der Waals surface area contributed by atoms with Crippen molar-refractivity contribution >= 4 is 5.91 Å². The highest BCUT2D eigenvalue weighted by molar-refractivity contribution is 5.78. The van der Waals surface area contributed by atoms with E-state index < -0.39 is 0 Å². The van der Waals surface area contributed by atoms with E-state index in [1.54, 1.807) is 0 Å². The molecule has 1 amide bonds. The molecule has 1 rings (SSSR count). The molecule has 0 aliphatic heterocycles. The van der Waals surface area contributed by atoms with Crippen molar-refractivity contribution in [3.05, 3.63) is 35.9 Å². The van der Waals surface area contributed by atoms with Crippen LogP contribution in [-0.2, 0) is 4.79 Å². The van der Waals surface area contributed by atoms with Gasteiger partial charge in [-0.05, 0) is 39.5 Å². The predicted molar refractivity (Wildman–Crippen MR) is 92.9 cm³/mol. The van der Waals surface area contributed by atoms with Crippen LogP contribution in [0.1, 0.15) is 39.3 Å². The summed E-state index contributed by atoms with van der Waals surface area (Å²) in [5, 5.41) is 3.09. The molecule has 0 radical (unpaired) electrons. The molecule has 124 valence electrons. The number of amides is 1. The lowest BCUT2D eigenvalue weighted by Crippen LogP contribution is -2.42. The number of hydrogen-bond acceptors (Lipinski definition) is 3. The third-order valence-corrected chi connectivity index (χ3v) is 4.20. The van der Waals surface area contributed by atoms with Crippen LogP contribution in [0.2, 0.25) is 0 Å². The van der Waals surface area contributed by atoms with Crippen LogP contribution in [0.15, 0.2) is 30.3 Å². The third kappa shape index (κ3) is 5.78. The summed E-state index contributed by atoms with van der Waals surface area (Å²) < 4.78 is 0. The van der Waals surface area contributed by atoms with Crippen LogP contribution in [-0.4, -0.2) is 55.0 Å². The highest BCUT2D eigenvalue weighted by Gasteiger charge is 2.19. The van der Waals surface area contributed by atoms with Gasteiger partial charge in [0.25, 0.3) is 0 Å². The fourth-order valence-electron chi connectivity index (χ4n) is 2.47. The van der Waals surface area contributed by atoms with Crippen LogP contribution in [0.3, 0.4) is 0 Å². The second-order valence-corrected chi connectivity index (χ2v) is 5.96. The lowest BCUT2D eigenvalue weighted by atomic mass is 10.1. The Bertz CT molecular complexity index is 429. The molecule has 1 atom stereocenters. The van der Waals surface area contributed by atoms with Crippen LogP contribution in [0.4, 0.5) is 0 Å². The number of nitrogens with zero attached hydrogens (tertiary/aromatic N) is 2. The van der Waals surface area contributed by atoms with Crippen molar-refractivity contribution in [2.45, 2.75) is 39.8 Å². The van der Waals surface area contributed by atoms with Gasteiger partial charge in [-0.1, -0.05) is 44.2 Å². The predicted octanol–water partition coefficient (Wildman–Crippen LogP) is 2.53. The van der Waals surface area contributed by atoms with Gasteiger partial charge < -0.3 is 5.32 Å². The largest absolute Gasteiger partial charge is 0.353 e. The summed E-state index contributed by atoms with van der Waals surface area (Å²) in [6.07, 6.45) is 0. The van der Waals surface area contributed by atoms with E-state index >= 15 is 0 Å². The average Bonchev–Trinajstić information content (AvgIpc) is 2.52. The summed E-state index contributed by atoms with van der Waals surface area (Å²) >= 11 is 0. The van der Waals surface area contributed by atoms with Crippen molar-refractivity contribution in [3.63, 3.8) is 0 Å². The molecular weight excluding hydrogens is 274 g/mol. The van der Waals surface area contributed by atoms with Gasteiger partial charge in [0.15, 0.2) is 0 Å². The fraction of sp³-hybridized carbons (Fsp3) is 0.611. The quantitative estimate of drug-likeness (QED) is 0.761. The second-order valence-electron chi connectivity index (χ2n) is 5.96. The van der Waals surface area contributed by atoms with Crippen LogP contribution < -0.4 is 5.32 Å². The molecule has 0 heterocycles. The molecule has 0 aliphatic rings. The van der Waals surface area contributed by atoms with Gasteiger partial charge in [0, 0.05) is 12.6 Å². The van der Waals surface area contributed by atoms with Crippen molar-refractivity contribution in [3.8, 4) is 0 Å². The van der Waals surface area contributed by atoms with Crippen molar-refractivity contribution in [2.75, 3.05) is 33.2 Å². The zero-order chi connectivity index (χ0) is 16.5. The molecule has 0 aromatic heterocycles. The van der Waals surface area contributed by atoms with E-state index in [0.717, 1.165) is 13.1 Å². The number of carbonyl (C=O) groups is 1. The van der Waals surface area contributed by atoms with Gasteiger partial charge in [0.05, 0.1) is 12.6 Å². The Morgan fingerprint density at radius 1 is 1.14 bits per heavy atom. The molecule has 0 spiro atoms. The van der Waals surface area contributed by atoms with E-state index in [4.69, 9.17) is 0 Å².